The van der Waals surface area contributed by atoms with Gasteiger partial charge in [-0.2, -0.15) is 0 Å². The smallest absolute Gasteiger partial charge is 0.147 e. The first-order valence-corrected chi connectivity index (χ1v) is 7.04. The highest BCUT2D eigenvalue weighted by Gasteiger charge is 2.21. The lowest BCUT2D eigenvalue weighted by Crippen LogP contribution is -2.17. The molecule has 0 aliphatic carbocycles. The lowest BCUT2D eigenvalue weighted by molar-refractivity contribution is 0.630. The van der Waals surface area contributed by atoms with Gasteiger partial charge in [-0.1, -0.05) is 23.7 Å². The highest BCUT2D eigenvalue weighted by atomic mass is 35.5. The first kappa shape index (κ1) is 11.9. The monoisotopic (exact) mass is 279 g/mol. The number of hydrogen-bond acceptors (Lipinski definition) is 2. The van der Waals surface area contributed by atoms with E-state index in [1.165, 1.54) is 11.6 Å². The lowest BCUT2D eigenvalue weighted by atomic mass is 10.1. The molecule has 2 aromatic rings. The van der Waals surface area contributed by atoms with Gasteiger partial charge in [0.05, 0.1) is 11.4 Å². The number of aryl methyl sites for hydroxylation is 1. The molecule has 0 N–H and O–H groups in total. The van der Waals surface area contributed by atoms with Gasteiger partial charge < -0.3 is 0 Å². The fourth-order valence-corrected chi connectivity index (χ4v) is 3.38. The summed E-state index contributed by atoms with van der Waals surface area (Å²) in [6.07, 6.45) is 0.964. The zero-order valence-corrected chi connectivity index (χ0v) is 11.1. The quantitative estimate of drug-likeness (QED) is 0.689. The molecule has 4 heteroatoms. The second kappa shape index (κ2) is 4.82. The Bertz CT molecular complexity index is 588. The molecule has 1 aliphatic rings. The van der Waals surface area contributed by atoms with Gasteiger partial charge in [0, 0.05) is 10.8 Å². The van der Waals surface area contributed by atoms with Gasteiger partial charge in [0.15, 0.2) is 0 Å². The van der Waals surface area contributed by atoms with Crippen LogP contribution in [0.15, 0.2) is 42.5 Å². The summed E-state index contributed by atoms with van der Waals surface area (Å²) >= 11 is 7.63. The van der Waals surface area contributed by atoms with Gasteiger partial charge in [-0.15, -0.1) is 0 Å². The van der Waals surface area contributed by atoms with Crippen LogP contribution in [0, 0.1) is 5.82 Å². The maximum absolute atomic E-state index is 13.9. The molecule has 0 radical (unpaired) electrons. The van der Waals surface area contributed by atoms with E-state index in [0.717, 1.165) is 22.9 Å². The van der Waals surface area contributed by atoms with Gasteiger partial charge in [0.25, 0.3) is 0 Å². The molecule has 3 rings (SSSR count). The third-order valence-corrected chi connectivity index (χ3v) is 4.20. The Balaban J connectivity index is 2.09. The van der Waals surface area contributed by atoms with Gasteiger partial charge in [-0.05, 0) is 54.3 Å². The molecule has 0 saturated heterocycles. The SMILES string of the molecule is Fc1ccccc1N1SCCc2cc(Cl)ccc21. The molecule has 0 unspecified atom stereocenters. The Labute approximate surface area is 115 Å². The normalized spacial score (nSPS) is 14.4. The van der Waals surface area contributed by atoms with Gasteiger partial charge in [-0.3, -0.25) is 4.31 Å². The molecule has 92 valence electrons. The third kappa shape index (κ3) is 2.08. The summed E-state index contributed by atoms with van der Waals surface area (Å²) in [5, 5.41) is 0.731. The molecule has 0 spiro atoms. The highest BCUT2D eigenvalue weighted by Crippen LogP contribution is 2.41. The number of anilines is 2. The fourth-order valence-electron chi connectivity index (χ4n) is 2.08. The van der Waals surface area contributed by atoms with Crippen molar-refractivity contribution in [3.63, 3.8) is 0 Å². The number of fused-ring (bicyclic) bond motifs is 1. The number of benzene rings is 2. The topological polar surface area (TPSA) is 3.24 Å². The minimum atomic E-state index is -0.201. The van der Waals surface area contributed by atoms with E-state index in [2.05, 4.69) is 0 Å². The average Bonchev–Trinajstić information content (AvgIpc) is 2.38. The van der Waals surface area contributed by atoms with E-state index in [4.69, 9.17) is 11.6 Å². The van der Waals surface area contributed by atoms with Crippen LogP contribution in [0.2, 0.25) is 5.02 Å². The highest BCUT2D eigenvalue weighted by molar-refractivity contribution is 8.01. The Kier molecular flexibility index (Phi) is 3.18. The van der Waals surface area contributed by atoms with E-state index in [-0.39, 0.29) is 5.82 Å². The largest absolute Gasteiger partial charge is 0.281 e. The van der Waals surface area contributed by atoms with E-state index in [1.54, 1.807) is 24.1 Å². The summed E-state index contributed by atoms with van der Waals surface area (Å²) < 4.78 is 15.8. The number of hydrogen-bond donors (Lipinski definition) is 0. The predicted octanol–water partition coefficient (Wildman–Crippen LogP) is 4.82. The van der Waals surface area contributed by atoms with Crippen molar-refractivity contribution in [1.29, 1.82) is 0 Å². The molecular formula is C14H11ClFNS. The number of nitrogens with zero attached hydrogens (tertiary/aromatic N) is 1. The van der Waals surface area contributed by atoms with Crippen molar-refractivity contribution in [1.82, 2.24) is 0 Å². The molecule has 0 bridgehead atoms. The minimum absolute atomic E-state index is 0.201. The van der Waals surface area contributed by atoms with E-state index in [9.17, 15) is 4.39 Å². The molecule has 0 fully saturated rings. The van der Waals surface area contributed by atoms with Crippen molar-refractivity contribution < 1.29 is 4.39 Å². The number of rotatable bonds is 1. The molecular weight excluding hydrogens is 269 g/mol. The summed E-state index contributed by atoms with van der Waals surface area (Å²) in [7, 11) is 0. The Hall–Kier alpha value is -1.19. The van der Waals surface area contributed by atoms with Crippen LogP contribution in [0.5, 0.6) is 0 Å². The zero-order valence-electron chi connectivity index (χ0n) is 9.57. The number of para-hydroxylation sites is 1. The third-order valence-electron chi connectivity index (χ3n) is 2.92. The first-order valence-electron chi connectivity index (χ1n) is 5.72. The van der Waals surface area contributed by atoms with Gasteiger partial charge in [-0.25, -0.2) is 4.39 Å². The molecule has 0 amide bonds. The van der Waals surface area contributed by atoms with Crippen molar-refractivity contribution in [3.05, 3.63) is 58.9 Å². The van der Waals surface area contributed by atoms with E-state index >= 15 is 0 Å². The van der Waals surface area contributed by atoms with Gasteiger partial charge >= 0.3 is 0 Å². The molecule has 1 nitrogen and oxygen atoms in total. The van der Waals surface area contributed by atoms with Crippen LogP contribution in [0.4, 0.5) is 15.8 Å². The Morgan fingerprint density at radius 2 is 1.94 bits per heavy atom. The van der Waals surface area contributed by atoms with Crippen molar-refractivity contribution >= 4 is 34.9 Å². The number of halogens is 2. The second-order valence-electron chi connectivity index (χ2n) is 4.10. The van der Waals surface area contributed by atoms with Crippen LogP contribution in [0.3, 0.4) is 0 Å². The molecule has 0 aromatic heterocycles. The van der Waals surface area contributed by atoms with Crippen LogP contribution in [-0.4, -0.2) is 5.75 Å². The van der Waals surface area contributed by atoms with E-state index < -0.39 is 0 Å². The maximum atomic E-state index is 13.9. The van der Waals surface area contributed by atoms with E-state index in [1.807, 2.05) is 28.6 Å². The van der Waals surface area contributed by atoms with Crippen LogP contribution in [0.25, 0.3) is 0 Å². The van der Waals surface area contributed by atoms with E-state index in [0.29, 0.717) is 5.69 Å². The summed E-state index contributed by atoms with van der Waals surface area (Å²) in [5.74, 6) is 0.731. The fraction of sp³-hybridized carbons (Fsp3) is 0.143. The summed E-state index contributed by atoms with van der Waals surface area (Å²) in [5.41, 5.74) is 2.80. The lowest BCUT2D eigenvalue weighted by Gasteiger charge is -2.30. The van der Waals surface area contributed by atoms with Gasteiger partial charge in [0.1, 0.15) is 5.82 Å². The summed E-state index contributed by atoms with van der Waals surface area (Å²) in [6.45, 7) is 0. The molecule has 1 aliphatic heterocycles. The molecule has 1 heterocycles. The molecule has 18 heavy (non-hydrogen) atoms. The van der Waals surface area contributed by atoms with Crippen molar-refractivity contribution in [2.24, 2.45) is 0 Å². The van der Waals surface area contributed by atoms with Crippen molar-refractivity contribution in [3.8, 4) is 0 Å². The zero-order chi connectivity index (χ0) is 12.5. The van der Waals surface area contributed by atoms with Crippen LogP contribution in [-0.2, 0) is 6.42 Å². The molecule has 0 saturated carbocycles. The van der Waals surface area contributed by atoms with Crippen LogP contribution < -0.4 is 4.31 Å². The maximum Gasteiger partial charge on any atom is 0.147 e. The summed E-state index contributed by atoms with van der Waals surface area (Å²) in [6, 6.07) is 12.6. The Morgan fingerprint density at radius 3 is 2.78 bits per heavy atom. The Morgan fingerprint density at radius 1 is 1.11 bits per heavy atom. The van der Waals surface area contributed by atoms with Gasteiger partial charge in [0.2, 0.25) is 0 Å². The van der Waals surface area contributed by atoms with Crippen molar-refractivity contribution in [2.75, 3.05) is 10.1 Å². The van der Waals surface area contributed by atoms with Crippen molar-refractivity contribution in [2.45, 2.75) is 6.42 Å². The summed E-state index contributed by atoms with van der Waals surface area (Å²) in [4.78, 5) is 0. The standard InChI is InChI=1S/C14H11ClFNS/c15-11-5-6-13-10(9-11)7-8-18-17(13)14-4-2-1-3-12(14)16/h1-6,9H,7-8H2. The van der Waals surface area contributed by atoms with Crippen LogP contribution >= 0.6 is 23.5 Å². The van der Waals surface area contributed by atoms with Crippen LogP contribution in [0.1, 0.15) is 5.56 Å². The average molecular weight is 280 g/mol. The second-order valence-corrected chi connectivity index (χ2v) is 5.57. The molecule has 0 atom stereocenters. The first-order chi connectivity index (χ1) is 8.75. The minimum Gasteiger partial charge on any atom is -0.281 e. The molecule has 2 aromatic carbocycles. The predicted molar refractivity (Wildman–Crippen MR) is 76.2 cm³/mol.